The Kier molecular flexibility index (Phi) is 4.14. The van der Waals surface area contributed by atoms with E-state index in [1.165, 1.54) is 18.4 Å². The molecule has 20 heavy (non-hydrogen) atoms. The van der Waals surface area contributed by atoms with Gasteiger partial charge in [-0.1, -0.05) is 29.4 Å². The fourth-order valence-electron chi connectivity index (χ4n) is 2.12. The normalized spacial score (nSPS) is 14.7. The van der Waals surface area contributed by atoms with Crippen LogP contribution in [-0.2, 0) is 17.7 Å². The van der Waals surface area contributed by atoms with Crippen molar-refractivity contribution in [3.63, 3.8) is 0 Å². The average Bonchev–Trinajstić information content (AvgIpc) is 3.20. The summed E-state index contributed by atoms with van der Waals surface area (Å²) in [6, 6.07) is 11.1. The highest BCUT2D eigenvalue weighted by molar-refractivity contribution is 5.57. The molecule has 1 aliphatic carbocycles. The predicted molar refractivity (Wildman–Crippen MR) is 77.4 cm³/mol. The lowest BCUT2D eigenvalue weighted by Gasteiger charge is -2.01. The second-order valence-electron chi connectivity index (χ2n) is 5.28. The smallest absolute Gasteiger partial charge is 0.167 e. The van der Waals surface area contributed by atoms with Crippen molar-refractivity contribution in [3.8, 4) is 11.3 Å². The van der Waals surface area contributed by atoms with Crippen molar-refractivity contribution in [2.24, 2.45) is 0 Å². The lowest BCUT2D eigenvalue weighted by atomic mass is 10.1. The predicted octanol–water partition coefficient (Wildman–Crippen LogP) is 2.78. The highest BCUT2D eigenvalue weighted by atomic mass is 16.5. The van der Waals surface area contributed by atoms with Crippen molar-refractivity contribution in [3.05, 3.63) is 41.6 Å². The van der Waals surface area contributed by atoms with Gasteiger partial charge in [-0.2, -0.15) is 0 Å². The molecule has 0 spiro atoms. The van der Waals surface area contributed by atoms with Gasteiger partial charge >= 0.3 is 0 Å². The number of methoxy groups -OCH3 is 1. The minimum atomic E-state index is 0.690. The summed E-state index contributed by atoms with van der Waals surface area (Å²) in [5.41, 5.74) is 3.30. The quantitative estimate of drug-likeness (QED) is 0.842. The minimum Gasteiger partial charge on any atom is -0.384 e. The van der Waals surface area contributed by atoms with Crippen LogP contribution in [0.3, 0.4) is 0 Å². The maximum absolute atomic E-state index is 5.41. The number of rotatable bonds is 7. The zero-order chi connectivity index (χ0) is 13.8. The van der Waals surface area contributed by atoms with E-state index in [4.69, 9.17) is 9.26 Å². The third-order valence-electron chi connectivity index (χ3n) is 3.54. The molecule has 0 radical (unpaired) electrons. The largest absolute Gasteiger partial charge is 0.384 e. The molecule has 1 aromatic heterocycles. The van der Waals surface area contributed by atoms with Gasteiger partial charge in [0.05, 0.1) is 12.3 Å². The molecular formula is C16H20N2O2. The Balaban J connectivity index is 1.62. The van der Waals surface area contributed by atoms with E-state index in [0.717, 1.165) is 36.6 Å². The van der Waals surface area contributed by atoms with Crippen LogP contribution in [0.15, 0.2) is 34.9 Å². The van der Waals surface area contributed by atoms with Crippen molar-refractivity contribution < 1.29 is 9.26 Å². The fourth-order valence-corrected chi connectivity index (χ4v) is 2.12. The van der Waals surface area contributed by atoms with E-state index in [2.05, 4.69) is 34.7 Å². The van der Waals surface area contributed by atoms with Crippen LogP contribution < -0.4 is 5.32 Å². The van der Waals surface area contributed by atoms with Crippen molar-refractivity contribution in [1.29, 1.82) is 0 Å². The molecule has 3 rings (SSSR count). The van der Waals surface area contributed by atoms with E-state index < -0.39 is 0 Å². The van der Waals surface area contributed by atoms with Gasteiger partial charge in [0.2, 0.25) is 0 Å². The molecule has 1 fully saturated rings. The average molecular weight is 272 g/mol. The summed E-state index contributed by atoms with van der Waals surface area (Å²) in [5.74, 6) is 0.830. The summed E-state index contributed by atoms with van der Waals surface area (Å²) in [7, 11) is 1.72. The van der Waals surface area contributed by atoms with E-state index in [1.807, 2.05) is 6.07 Å². The van der Waals surface area contributed by atoms with Crippen LogP contribution in [0.5, 0.6) is 0 Å². The number of benzene rings is 1. The highest BCUT2D eigenvalue weighted by Gasteiger charge is 2.20. The van der Waals surface area contributed by atoms with Crippen LogP contribution in [0.4, 0.5) is 0 Å². The number of aromatic nitrogens is 1. The van der Waals surface area contributed by atoms with Gasteiger partial charge in [0.15, 0.2) is 5.76 Å². The third kappa shape index (κ3) is 3.46. The number of ether oxygens (including phenoxy) is 1. The summed E-state index contributed by atoms with van der Waals surface area (Å²) in [6.07, 6.45) is 3.50. The van der Waals surface area contributed by atoms with E-state index >= 15 is 0 Å². The first-order valence-corrected chi connectivity index (χ1v) is 7.12. The number of nitrogens with zero attached hydrogens (tertiary/aromatic N) is 1. The fraction of sp³-hybridized carbons (Fsp3) is 0.438. The van der Waals surface area contributed by atoms with Crippen LogP contribution in [0.25, 0.3) is 11.3 Å². The number of hydrogen-bond donors (Lipinski definition) is 1. The first kappa shape index (κ1) is 13.3. The van der Waals surface area contributed by atoms with E-state index in [1.54, 1.807) is 7.11 Å². The second kappa shape index (κ2) is 6.20. The Morgan fingerprint density at radius 3 is 2.80 bits per heavy atom. The molecule has 1 aromatic carbocycles. The highest BCUT2D eigenvalue weighted by Crippen LogP contribution is 2.22. The molecule has 0 atom stereocenters. The molecule has 1 saturated carbocycles. The maximum Gasteiger partial charge on any atom is 0.167 e. The zero-order valence-electron chi connectivity index (χ0n) is 11.8. The van der Waals surface area contributed by atoms with Crippen LogP contribution >= 0.6 is 0 Å². The molecule has 1 heterocycles. The summed E-state index contributed by atoms with van der Waals surface area (Å²) in [4.78, 5) is 0. The molecule has 0 amide bonds. The minimum absolute atomic E-state index is 0.690. The van der Waals surface area contributed by atoms with Crippen LogP contribution in [0, 0.1) is 0 Å². The van der Waals surface area contributed by atoms with Gasteiger partial charge in [0.25, 0.3) is 0 Å². The summed E-state index contributed by atoms with van der Waals surface area (Å²) >= 11 is 0. The number of nitrogens with one attached hydrogen (secondary N) is 1. The molecule has 0 bridgehead atoms. The first-order chi connectivity index (χ1) is 9.85. The molecule has 2 aromatic rings. The van der Waals surface area contributed by atoms with E-state index in [-0.39, 0.29) is 0 Å². The standard InChI is InChI=1S/C16H20N2O2/c1-19-9-8-12-2-4-13(5-3-12)16-10-15(18-20-16)11-17-14-6-7-14/h2-5,10,14,17H,6-9,11H2,1H3. The molecule has 0 aliphatic heterocycles. The Hall–Kier alpha value is -1.65. The topological polar surface area (TPSA) is 47.3 Å². The Labute approximate surface area is 119 Å². The van der Waals surface area contributed by atoms with Crippen LogP contribution in [0.2, 0.25) is 0 Å². The lowest BCUT2D eigenvalue weighted by molar-refractivity contribution is 0.202. The van der Waals surface area contributed by atoms with Gasteiger partial charge in [-0.15, -0.1) is 0 Å². The van der Waals surface area contributed by atoms with Gasteiger partial charge in [-0.05, 0) is 24.8 Å². The first-order valence-electron chi connectivity index (χ1n) is 7.12. The monoisotopic (exact) mass is 272 g/mol. The summed E-state index contributed by atoms with van der Waals surface area (Å²) in [5, 5.41) is 7.54. The zero-order valence-corrected chi connectivity index (χ0v) is 11.8. The maximum atomic E-state index is 5.41. The van der Waals surface area contributed by atoms with Crippen LogP contribution in [-0.4, -0.2) is 24.9 Å². The Morgan fingerprint density at radius 2 is 2.10 bits per heavy atom. The Bertz CT molecular complexity index is 544. The van der Waals surface area contributed by atoms with Crippen molar-refractivity contribution in [1.82, 2.24) is 10.5 Å². The molecule has 4 nitrogen and oxygen atoms in total. The van der Waals surface area contributed by atoms with Gasteiger partial charge in [-0.3, -0.25) is 0 Å². The van der Waals surface area contributed by atoms with Crippen molar-refractivity contribution >= 4 is 0 Å². The van der Waals surface area contributed by atoms with Gasteiger partial charge in [0, 0.05) is 31.3 Å². The molecule has 0 unspecified atom stereocenters. The molecule has 0 saturated heterocycles. The lowest BCUT2D eigenvalue weighted by Crippen LogP contribution is -2.15. The summed E-state index contributed by atoms with van der Waals surface area (Å²) in [6.45, 7) is 1.54. The molecular weight excluding hydrogens is 252 g/mol. The van der Waals surface area contributed by atoms with Crippen molar-refractivity contribution in [2.75, 3.05) is 13.7 Å². The molecule has 4 heteroatoms. The van der Waals surface area contributed by atoms with E-state index in [9.17, 15) is 0 Å². The van der Waals surface area contributed by atoms with E-state index in [0.29, 0.717) is 6.04 Å². The third-order valence-corrected chi connectivity index (χ3v) is 3.54. The Morgan fingerprint density at radius 1 is 1.30 bits per heavy atom. The van der Waals surface area contributed by atoms with Gasteiger partial charge in [-0.25, -0.2) is 0 Å². The molecule has 1 N–H and O–H groups in total. The molecule has 1 aliphatic rings. The number of hydrogen-bond acceptors (Lipinski definition) is 4. The van der Waals surface area contributed by atoms with Gasteiger partial charge in [0.1, 0.15) is 0 Å². The summed E-state index contributed by atoms with van der Waals surface area (Å²) < 4.78 is 10.5. The van der Waals surface area contributed by atoms with Crippen molar-refractivity contribution in [2.45, 2.75) is 31.8 Å². The SMILES string of the molecule is COCCc1ccc(-c2cc(CNC3CC3)no2)cc1. The second-order valence-corrected chi connectivity index (χ2v) is 5.28. The van der Waals surface area contributed by atoms with Crippen LogP contribution in [0.1, 0.15) is 24.1 Å². The molecule has 106 valence electrons. The van der Waals surface area contributed by atoms with Gasteiger partial charge < -0.3 is 14.6 Å².